The summed E-state index contributed by atoms with van der Waals surface area (Å²) < 4.78 is 5.57. The highest BCUT2D eigenvalue weighted by atomic mass is 16.6. The van der Waals surface area contributed by atoms with Crippen molar-refractivity contribution in [1.29, 1.82) is 0 Å². The SMILES string of the molecule is CCC(=O)Nc1cccc(C(=O)N2c3ccccc3C[C@H]2C(=O)OC(C)(C)C)c1. The zero-order valence-electron chi connectivity index (χ0n) is 17.2. The molecule has 0 radical (unpaired) electrons. The lowest BCUT2D eigenvalue weighted by atomic mass is 10.1. The molecule has 1 N–H and O–H groups in total. The van der Waals surface area contributed by atoms with E-state index in [1.54, 1.807) is 52.0 Å². The van der Waals surface area contributed by atoms with Gasteiger partial charge in [0.05, 0.1) is 0 Å². The van der Waals surface area contributed by atoms with Crippen molar-refractivity contribution >= 4 is 29.2 Å². The second kappa shape index (κ2) is 8.07. The normalized spacial score (nSPS) is 15.6. The maximum absolute atomic E-state index is 13.4. The molecule has 3 rings (SSSR count). The first-order chi connectivity index (χ1) is 13.7. The molecule has 6 nitrogen and oxygen atoms in total. The number of nitrogens with zero attached hydrogens (tertiary/aromatic N) is 1. The van der Waals surface area contributed by atoms with Gasteiger partial charge in [-0.05, 0) is 50.6 Å². The first kappa shape index (κ1) is 20.6. The van der Waals surface area contributed by atoms with Gasteiger partial charge in [-0.2, -0.15) is 0 Å². The quantitative estimate of drug-likeness (QED) is 0.797. The van der Waals surface area contributed by atoms with E-state index in [0.717, 1.165) is 5.56 Å². The van der Waals surface area contributed by atoms with E-state index in [1.807, 2.05) is 24.3 Å². The lowest BCUT2D eigenvalue weighted by Crippen LogP contribution is -2.45. The van der Waals surface area contributed by atoms with Crippen LogP contribution in [0.4, 0.5) is 11.4 Å². The third-order valence-electron chi connectivity index (χ3n) is 4.59. The van der Waals surface area contributed by atoms with Gasteiger partial charge in [0, 0.05) is 29.8 Å². The fourth-order valence-electron chi connectivity index (χ4n) is 3.31. The number of ether oxygens (including phenoxy) is 1. The van der Waals surface area contributed by atoms with Crippen molar-refractivity contribution in [3.63, 3.8) is 0 Å². The molecule has 1 heterocycles. The third-order valence-corrected chi connectivity index (χ3v) is 4.59. The van der Waals surface area contributed by atoms with Crippen LogP contribution in [-0.4, -0.2) is 29.4 Å². The number of para-hydroxylation sites is 1. The minimum absolute atomic E-state index is 0.132. The van der Waals surface area contributed by atoms with Gasteiger partial charge in [-0.15, -0.1) is 0 Å². The van der Waals surface area contributed by atoms with E-state index in [4.69, 9.17) is 4.74 Å². The van der Waals surface area contributed by atoms with Gasteiger partial charge >= 0.3 is 5.97 Å². The number of benzene rings is 2. The predicted molar refractivity (Wildman–Crippen MR) is 112 cm³/mol. The minimum Gasteiger partial charge on any atom is -0.458 e. The molecule has 2 amide bonds. The Labute approximate surface area is 170 Å². The summed E-state index contributed by atoms with van der Waals surface area (Å²) in [5.41, 5.74) is 1.92. The number of carbonyl (C=O) groups is 3. The molecule has 2 aromatic carbocycles. The van der Waals surface area contributed by atoms with E-state index < -0.39 is 17.6 Å². The fraction of sp³-hybridized carbons (Fsp3) is 0.348. The molecule has 0 spiro atoms. The molecule has 0 aromatic heterocycles. The number of fused-ring (bicyclic) bond motifs is 1. The van der Waals surface area contributed by atoms with Crippen molar-refractivity contribution in [2.75, 3.05) is 10.2 Å². The van der Waals surface area contributed by atoms with Crippen LogP contribution < -0.4 is 10.2 Å². The Balaban J connectivity index is 1.94. The summed E-state index contributed by atoms with van der Waals surface area (Å²) in [5, 5.41) is 2.76. The molecular weight excluding hydrogens is 368 g/mol. The number of nitrogens with one attached hydrogen (secondary N) is 1. The van der Waals surface area contributed by atoms with E-state index in [9.17, 15) is 14.4 Å². The van der Waals surface area contributed by atoms with Crippen molar-refractivity contribution < 1.29 is 19.1 Å². The standard InChI is InChI=1S/C23H26N2O4/c1-5-20(26)24-17-11-8-10-16(13-17)21(27)25-18-12-7-6-9-15(18)14-19(25)22(28)29-23(2,3)4/h6-13,19H,5,14H2,1-4H3,(H,24,26)/t19-/m0/s1. The smallest absolute Gasteiger partial charge is 0.330 e. The second-order valence-corrected chi connectivity index (χ2v) is 8.04. The average Bonchev–Trinajstić information content (AvgIpc) is 3.06. The van der Waals surface area contributed by atoms with E-state index in [0.29, 0.717) is 29.8 Å². The molecule has 0 bridgehead atoms. The van der Waals surface area contributed by atoms with Crippen LogP contribution >= 0.6 is 0 Å². The van der Waals surface area contributed by atoms with E-state index in [2.05, 4.69) is 5.32 Å². The number of hydrogen-bond donors (Lipinski definition) is 1. The molecule has 6 heteroatoms. The van der Waals surface area contributed by atoms with E-state index in [-0.39, 0.29) is 11.8 Å². The maximum Gasteiger partial charge on any atom is 0.330 e. The third kappa shape index (κ3) is 4.65. The summed E-state index contributed by atoms with van der Waals surface area (Å²) in [6.07, 6.45) is 0.751. The molecule has 0 fully saturated rings. The molecule has 0 saturated carbocycles. The van der Waals surface area contributed by atoms with Gasteiger partial charge in [0.2, 0.25) is 5.91 Å². The number of rotatable bonds is 4. The molecule has 152 valence electrons. The predicted octanol–water partition coefficient (Wildman–Crippen LogP) is 3.95. The number of anilines is 2. The highest BCUT2D eigenvalue weighted by molar-refractivity contribution is 6.11. The van der Waals surface area contributed by atoms with Crippen molar-refractivity contribution in [2.45, 2.75) is 52.2 Å². The van der Waals surface area contributed by atoms with Crippen LogP contribution in [0.25, 0.3) is 0 Å². The second-order valence-electron chi connectivity index (χ2n) is 8.04. The zero-order chi connectivity index (χ0) is 21.2. The van der Waals surface area contributed by atoms with Crippen molar-refractivity contribution in [3.05, 3.63) is 59.7 Å². The molecule has 0 aliphatic carbocycles. The monoisotopic (exact) mass is 394 g/mol. The Morgan fingerprint density at radius 2 is 1.83 bits per heavy atom. The van der Waals surface area contributed by atoms with Crippen molar-refractivity contribution in [2.24, 2.45) is 0 Å². The van der Waals surface area contributed by atoms with Crippen LogP contribution in [0.2, 0.25) is 0 Å². The van der Waals surface area contributed by atoms with Crippen LogP contribution in [0.3, 0.4) is 0 Å². The summed E-state index contributed by atoms with van der Waals surface area (Å²) in [6, 6.07) is 13.5. The van der Waals surface area contributed by atoms with Crippen LogP contribution in [0.1, 0.15) is 50.0 Å². The highest BCUT2D eigenvalue weighted by Gasteiger charge is 2.40. The van der Waals surface area contributed by atoms with Gasteiger partial charge in [0.15, 0.2) is 0 Å². The summed E-state index contributed by atoms with van der Waals surface area (Å²) >= 11 is 0. The molecule has 1 atom stereocenters. The zero-order valence-corrected chi connectivity index (χ0v) is 17.2. The lowest BCUT2D eigenvalue weighted by molar-refractivity contribution is -0.156. The van der Waals surface area contributed by atoms with E-state index in [1.165, 1.54) is 4.90 Å². The molecule has 29 heavy (non-hydrogen) atoms. The summed E-state index contributed by atoms with van der Waals surface area (Å²) in [5.74, 6) is -0.872. The Bertz CT molecular complexity index is 946. The van der Waals surface area contributed by atoms with E-state index >= 15 is 0 Å². The minimum atomic E-state index is -0.729. The lowest BCUT2D eigenvalue weighted by Gasteiger charge is -2.28. The fourth-order valence-corrected chi connectivity index (χ4v) is 3.31. The topological polar surface area (TPSA) is 75.7 Å². The first-order valence-electron chi connectivity index (χ1n) is 9.74. The number of amides is 2. The largest absolute Gasteiger partial charge is 0.458 e. The molecular formula is C23H26N2O4. The molecule has 0 saturated heterocycles. The number of esters is 1. The first-order valence-corrected chi connectivity index (χ1v) is 9.74. The highest BCUT2D eigenvalue weighted by Crippen LogP contribution is 2.34. The Kier molecular flexibility index (Phi) is 5.73. The Morgan fingerprint density at radius 1 is 1.10 bits per heavy atom. The Hall–Kier alpha value is -3.15. The summed E-state index contributed by atoms with van der Waals surface area (Å²) in [6.45, 7) is 7.17. The number of hydrogen-bond acceptors (Lipinski definition) is 4. The van der Waals surface area contributed by atoms with Crippen LogP contribution in [0.5, 0.6) is 0 Å². The molecule has 2 aromatic rings. The molecule has 1 aliphatic rings. The van der Waals surface area contributed by atoms with Gasteiger partial charge in [0.25, 0.3) is 5.91 Å². The maximum atomic E-state index is 13.4. The molecule has 0 unspecified atom stereocenters. The number of carbonyl (C=O) groups excluding carboxylic acids is 3. The van der Waals surface area contributed by atoms with Crippen molar-refractivity contribution in [3.8, 4) is 0 Å². The van der Waals surface area contributed by atoms with Gasteiger partial charge in [-0.1, -0.05) is 31.2 Å². The van der Waals surface area contributed by atoms with Gasteiger partial charge in [-0.3, -0.25) is 14.5 Å². The van der Waals surface area contributed by atoms with Crippen LogP contribution in [0.15, 0.2) is 48.5 Å². The average molecular weight is 394 g/mol. The van der Waals surface area contributed by atoms with Gasteiger partial charge < -0.3 is 10.1 Å². The summed E-state index contributed by atoms with van der Waals surface area (Å²) in [4.78, 5) is 39.4. The Morgan fingerprint density at radius 3 is 2.52 bits per heavy atom. The van der Waals surface area contributed by atoms with Gasteiger partial charge in [0.1, 0.15) is 11.6 Å². The van der Waals surface area contributed by atoms with Crippen LogP contribution in [0, 0.1) is 0 Å². The van der Waals surface area contributed by atoms with Crippen molar-refractivity contribution in [1.82, 2.24) is 0 Å². The summed E-state index contributed by atoms with van der Waals surface area (Å²) in [7, 11) is 0. The van der Waals surface area contributed by atoms with Crippen LogP contribution in [-0.2, 0) is 20.7 Å². The van der Waals surface area contributed by atoms with Gasteiger partial charge in [-0.25, -0.2) is 4.79 Å². The molecule has 1 aliphatic heterocycles.